The van der Waals surface area contributed by atoms with Crippen molar-refractivity contribution < 1.29 is 14.0 Å². The second-order valence-corrected chi connectivity index (χ2v) is 13.7. The number of halogens is 1. The van der Waals surface area contributed by atoms with E-state index in [9.17, 15) is 4.79 Å². The van der Waals surface area contributed by atoms with Gasteiger partial charge in [0.25, 0.3) is 0 Å². The van der Waals surface area contributed by atoms with Gasteiger partial charge in [-0.15, -0.1) is 0 Å². The summed E-state index contributed by atoms with van der Waals surface area (Å²) in [5.74, 6) is -0.146. The van der Waals surface area contributed by atoms with Crippen LogP contribution in [-0.2, 0) is 14.0 Å². The number of ether oxygens (including phenoxy) is 1. The zero-order chi connectivity index (χ0) is 16.9. The van der Waals surface area contributed by atoms with Crippen molar-refractivity contribution in [1.29, 1.82) is 0 Å². The molecule has 21 heavy (non-hydrogen) atoms. The maximum absolute atomic E-state index is 11.8. The lowest BCUT2D eigenvalue weighted by Crippen LogP contribution is -2.44. The van der Waals surface area contributed by atoms with Gasteiger partial charge in [-0.1, -0.05) is 36.7 Å². The van der Waals surface area contributed by atoms with Crippen LogP contribution < -0.4 is 0 Å². The first-order valence-electron chi connectivity index (χ1n) is 7.72. The van der Waals surface area contributed by atoms with Crippen molar-refractivity contribution in [3.8, 4) is 0 Å². The minimum Gasteiger partial charge on any atom is -0.465 e. The Morgan fingerprint density at radius 1 is 1.10 bits per heavy atom. The summed E-state index contributed by atoms with van der Waals surface area (Å²) in [4.78, 5) is 11.8. The number of hydrogen-bond donors (Lipinski definition) is 0. The molecule has 0 aliphatic carbocycles. The molecule has 0 N–H and O–H groups in total. The topological polar surface area (TPSA) is 35.5 Å². The Balaban J connectivity index is 4.49. The van der Waals surface area contributed by atoms with E-state index in [-0.39, 0.29) is 17.1 Å². The van der Waals surface area contributed by atoms with Crippen LogP contribution in [0.25, 0.3) is 0 Å². The van der Waals surface area contributed by atoms with Crippen molar-refractivity contribution in [3.63, 3.8) is 0 Å². The Hall–Kier alpha value is 0.127. The van der Waals surface area contributed by atoms with Gasteiger partial charge < -0.3 is 9.16 Å². The van der Waals surface area contributed by atoms with Crippen molar-refractivity contribution >= 4 is 30.2 Å². The lowest BCUT2D eigenvalue weighted by molar-refractivity contribution is -0.153. The normalized spacial score (nSPS) is 14.9. The van der Waals surface area contributed by atoms with Crippen LogP contribution >= 0.6 is 15.9 Å². The summed E-state index contributed by atoms with van der Waals surface area (Å²) in [5.41, 5.74) is -0.439. The highest BCUT2D eigenvalue weighted by Gasteiger charge is 2.39. The third-order valence-electron chi connectivity index (χ3n) is 3.98. The van der Waals surface area contributed by atoms with E-state index in [1.807, 2.05) is 20.8 Å². The third kappa shape index (κ3) is 7.80. The molecule has 126 valence electrons. The number of rotatable bonds is 7. The van der Waals surface area contributed by atoms with E-state index in [1.165, 1.54) is 0 Å². The van der Waals surface area contributed by atoms with E-state index in [4.69, 9.17) is 9.16 Å². The van der Waals surface area contributed by atoms with E-state index in [0.29, 0.717) is 6.61 Å². The monoisotopic (exact) mass is 380 g/mol. The maximum Gasteiger partial charge on any atom is 0.311 e. The second-order valence-electron chi connectivity index (χ2n) is 8.15. The molecule has 5 heteroatoms. The van der Waals surface area contributed by atoms with Crippen LogP contribution in [0.4, 0.5) is 0 Å². The van der Waals surface area contributed by atoms with Crippen molar-refractivity contribution in [2.24, 2.45) is 5.41 Å². The molecule has 0 aromatic heterocycles. The summed E-state index contributed by atoms with van der Waals surface area (Å²) in [5, 5.41) is 1.10. The van der Waals surface area contributed by atoms with Crippen LogP contribution in [-0.4, -0.2) is 32.3 Å². The number of alkyl halides is 1. The lowest BCUT2D eigenvalue weighted by Gasteiger charge is -2.39. The molecule has 0 saturated carbocycles. The highest BCUT2D eigenvalue weighted by Crippen LogP contribution is 2.38. The predicted octanol–water partition coefficient (Wildman–Crippen LogP) is 5.14. The molecule has 0 aliphatic heterocycles. The first-order chi connectivity index (χ1) is 9.31. The van der Waals surface area contributed by atoms with E-state index in [0.717, 1.165) is 18.2 Å². The van der Waals surface area contributed by atoms with Gasteiger partial charge in [0.05, 0.1) is 12.0 Å². The molecule has 1 atom stereocenters. The van der Waals surface area contributed by atoms with Gasteiger partial charge in [0.15, 0.2) is 8.32 Å². The number of carbonyl (C=O) groups is 1. The quantitative estimate of drug-likeness (QED) is 0.348. The van der Waals surface area contributed by atoms with Gasteiger partial charge in [-0.05, 0) is 45.3 Å². The molecule has 0 radical (unpaired) electrons. The van der Waals surface area contributed by atoms with Crippen molar-refractivity contribution in [3.05, 3.63) is 0 Å². The van der Waals surface area contributed by atoms with Crippen LogP contribution in [0, 0.1) is 5.41 Å². The molecule has 0 amide bonds. The largest absolute Gasteiger partial charge is 0.465 e. The van der Waals surface area contributed by atoms with E-state index >= 15 is 0 Å². The predicted molar refractivity (Wildman–Crippen MR) is 95.5 cm³/mol. The average Bonchev–Trinajstić information content (AvgIpc) is 2.25. The Kier molecular flexibility index (Phi) is 8.16. The van der Waals surface area contributed by atoms with Gasteiger partial charge in [-0.3, -0.25) is 4.79 Å². The lowest BCUT2D eigenvalue weighted by atomic mass is 9.97. The molecule has 0 aromatic rings. The summed E-state index contributed by atoms with van der Waals surface area (Å²) >= 11 is 3.49. The maximum atomic E-state index is 11.8. The molecule has 0 fully saturated rings. The Bertz CT molecular complexity index is 329. The minimum absolute atomic E-state index is 0.146. The smallest absolute Gasteiger partial charge is 0.311 e. The first kappa shape index (κ1) is 21.1. The fourth-order valence-electron chi connectivity index (χ4n) is 1.48. The Morgan fingerprint density at radius 2 is 1.62 bits per heavy atom. The summed E-state index contributed by atoms with van der Waals surface area (Å²) in [7, 11) is -1.78. The molecule has 0 aromatic carbocycles. The van der Waals surface area contributed by atoms with Crippen LogP contribution in [0.1, 0.15) is 54.4 Å². The van der Waals surface area contributed by atoms with Crippen LogP contribution in [0.3, 0.4) is 0 Å². The van der Waals surface area contributed by atoms with Gasteiger partial charge >= 0.3 is 5.97 Å². The summed E-state index contributed by atoms with van der Waals surface area (Å²) < 4.78 is 11.8. The molecule has 0 bridgehead atoms. The molecule has 0 aliphatic rings. The summed E-state index contributed by atoms with van der Waals surface area (Å²) in [6.07, 6.45) is 1.86. The molecule has 0 rings (SSSR count). The van der Waals surface area contributed by atoms with Gasteiger partial charge in [0.2, 0.25) is 0 Å². The van der Waals surface area contributed by atoms with Crippen molar-refractivity contribution in [2.45, 2.75) is 78.6 Å². The van der Waals surface area contributed by atoms with Crippen molar-refractivity contribution in [1.82, 2.24) is 0 Å². The Labute approximate surface area is 140 Å². The fourth-order valence-corrected chi connectivity index (χ4v) is 3.41. The SMILES string of the molecule is CC(C)(C)C(=O)OCC[C@@H](CCBr)O[Si](C)(C)C(C)(C)C. The van der Waals surface area contributed by atoms with E-state index in [2.05, 4.69) is 49.8 Å². The number of esters is 1. The van der Waals surface area contributed by atoms with Gasteiger partial charge in [0.1, 0.15) is 0 Å². The molecule has 0 heterocycles. The fraction of sp³-hybridized carbons (Fsp3) is 0.938. The second kappa shape index (κ2) is 8.11. The highest BCUT2D eigenvalue weighted by atomic mass is 79.9. The zero-order valence-electron chi connectivity index (χ0n) is 15.0. The summed E-state index contributed by atoms with van der Waals surface area (Å²) in [6.45, 7) is 17.3. The number of carbonyl (C=O) groups excluding carboxylic acids is 1. The number of hydrogen-bond acceptors (Lipinski definition) is 3. The van der Waals surface area contributed by atoms with E-state index in [1.54, 1.807) is 0 Å². The summed E-state index contributed by atoms with van der Waals surface area (Å²) in [6, 6.07) is 0. The minimum atomic E-state index is -1.78. The van der Waals surface area contributed by atoms with Crippen LogP contribution in [0.5, 0.6) is 0 Å². The van der Waals surface area contributed by atoms with Crippen LogP contribution in [0.15, 0.2) is 0 Å². The molecule has 3 nitrogen and oxygen atoms in total. The molecule has 0 unspecified atom stereocenters. The van der Waals surface area contributed by atoms with Gasteiger partial charge in [-0.25, -0.2) is 0 Å². The molecular weight excluding hydrogens is 348 g/mol. The van der Waals surface area contributed by atoms with E-state index < -0.39 is 13.7 Å². The zero-order valence-corrected chi connectivity index (χ0v) is 17.6. The molecular formula is C16H33BrO3Si. The molecule has 0 saturated heterocycles. The standard InChI is InChI=1S/C16H33BrO3Si/c1-15(2,3)14(18)19-12-10-13(9-11-17)20-21(7,8)16(4,5)6/h13H,9-12H2,1-8H3/t13-/m1/s1. The Morgan fingerprint density at radius 3 is 2.00 bits per heavy atom. The van der Waals surface area contributed by atoms with Crippen molar-refractivity contribution in [2.75, 3.05) is 11.9 Å². The average molecular weight is 381 g/mol. The first-order valence-corrected chi connectivity index (χ1v) is 11.8. The van der Waals surface area contributed by atoms with Gasteiger partial charge in [0, 0.05) is 17.9 Å². The third-order valence-corrected chi connectivity index (χ3v) is 8.98. The molecule has 0 spiro atoms. The van der Waals surface area contributed by atoms with Gasteiger partial charge in [-0.2, -0.15) is 0 Å². The highest BCUT2D eigenvalue weighted by molar-refractivity contribution is 9.09. The van der Waals surface area contributed by atoms with Crippen LogP contribution in [0.2, 0.25) is 18.1 Å².